The molecule has 0 saturated heterocycles. The maximum atomic E-state index is 12.9. The zero-order valence-corrected chi connectivity index (χ0v) is 16.9. The second kappa shape index (κ2) is 9.12. The van der Waals surface area contributed by atoms with Crippen LogP contribution in [0.4, 0.5) is 0 Å². The van der Waals surface area contributed by atoms with Gasteiger partial charge in [-0.2, -0.15) is 0 Å². The number of aryl methyl sites for hydroxylation is 1. The van der Waals surface area contributed by atoms with Crippen LogP contribution >= 0.6 is 23.4 Å². The van der Waals surface area contributed by atoms with Crippen molar-refractivity contribution in [3.05, 3.63) is 101 Å². The summed E-state index contributed by atoms with van der Waals surface area (Å²) in [6.45, 7) is 4.00. The molecule has 0 heterocycles. The Morgan fingerprint density at radius 2 is 1.56 bits per heavy atom. The summed E-state index contributed by atoms with van der Waals surface area (Å²) in [6.07, 6.45) is 0. The van der Waals surface area contributed by atoms with Gasteiger partial charge >= 0.3 is 0 Å². The molecular weight excluding hydrogens is 374 g/mol. The summed E-state index contributed by atoms with van der Waals surface area (Å²) in [5.74, 6) is 0.00653. The predicted molar refractivity (Wildman–Crippen MR) is 114 cm³/mol. The van der Waals surface area contributed by atoms with Crippen LogP contribution in [0.25, 0.3) is 0 Å². The predicted octanol–water partition coefficient (Wildman–Crippen LogP) is 6.03. The summed E-state index contributed by atoms with van der Waals surface area (Å²) in [6, 6.07) is 25.6. The van der Waals surface area contributed by atoms with Crippen molar-refractivity contribution in [1.82, 2.24) is 5.32 Å². The minimum Gasteiger partial charge on any atom is -0.344 e. The fourth-order valence-electron chi connectivity index (χ4n) is 2.93. The SMILES string of the molecule is Cc1ccccc1C(NC(=O)C(C)Sc1ccc(Cl)cc1)c1ccccc1. The van der Waals surface area contributed by atoms with Gasteiger partial charge in [-0.1, -0.05) is 66.2 Å². The first-order valence-electron chi connectivity index (χ1n) is 8.87. The smallest absolute Gasteiger partial charge is 0.233 e. The van der Waals surface area contributed by atoms with E-state index in [0.29, 0.717) is 5.02 Å². The van der Waals surface area contributed by atoms with E-state index < -0.39 is 0 Å². The highest BCUT2D eigenvalue weighted by molar-refractivity contribution is 8.00. The van der Waals surface area contributed by atoms with Crippen molar-refractivity contribution in [2.45, 2.75) is 30.0 Å². The van der Waals surface area contributed by atoms with Gasteiger partial charge in [0.05, 0.1) is 11.3 Å². The molecule has 3 aromatic carbocycles. The lowest BCUT2D eigenvalue weighted by Gasteiger charge is -2.23. The number of nitrogens with one attached hydrogen (secondary N) is 1. The van der Waals surface area contributed by atoms with E-state index in [0.717, 1.165) is 21.6 Å². The number of benzene rings is 3. The van der Waals surface area contributed by atoms with Gasteiger partial charge in [0.2, 0.25) is 5.91 Å². The molecule has 138 valence electrons. The maximum Gasteiger partial charge on any atom is 0.233 e. The Morgan fingerprint density at radius 3 is 2.22 bits per heavy atom. The molecule has 2 atom stereocenters. The minimum absolute atomic E-state index is 0.00653. The zero-order chi connectivity index (χ0) is 19.2. The van der Waals surface area contributed by atoms with Crippen LogP contribution in [-0.4, -0.2) is 11.2 Å². The summed E-state index contributed by atoms with van der Waals surface area (Å²) in [5, 5.41) is 3.71. The van der Waals surface area contributed by atoms with E-state index in [1.807, 2.05) is 73.7 Å². The molecule has 0 radical (unpaired) electrons. The summed E-state index contributed by atoms with van der Waals surface area (Å²) in [5.41, 5.74) is 3.34. The molecule has 3 rings (SSSR count). The largest absolute Gasteiger partial charge is 0.344 e. The quantitative estimate of drug-likeness (QED) is 0.516. The van der Waals surface area contributed by atoms with Crippen molar-refractivity contribution in [1.29, 1.82) is 0 Å². The lowest BCUT2D eigenvalue weighted by molar-refractivity contribution is -0.120. The van der Waals surface area contributed by atoms with E-state index in [-0.39, 0.29) is 17.2 Å². The number of carbonyl (C=O) groups excluding carboxylic acids is 1. The standard InChI is InChI=1S/C23H22ClNOS/c1-16-8-6-7-11-21(16)22(18-9-4-3-5-10-18)25-23(26)17(2)27-20-14-12-19(24)13-15-20/h3-15,17,22H,1-2H3,(H,25,26). The van der Waals surface area contributed by atoms with Gasteiger partial charge in [-0.05, 0) is 54.8 Å². The molecule has 27 heavy (non-hydrogen) atoms. The monoisotopic (exact) mass is 395 g/mol. The van der Waals surface area contributed by atoms with Crippen LogP contribution in [0.15, 0.2) is 83.8 Å². The molecule has 2 unspecified atom stereocenters. The highest BCUT2D eigenvalue weighted by atomic mass is 35.5. The van der Waals surface area contributed by atoms with E-state index in [4.69, 9.17) is 11.6 Å². The molecule has 0 aliphatic rings. The highest BCUT2D eigenvalue weighted by Gasteiger charge is 2.22. The molecule has 0 aliphatic carbocycles. The number of thioether (sulfide) groups is 1. The van der Waals surface area contributed by atoms with Gasteiger partial charge < -0.3 is 5.32 Å². The minimum atomic E-state index is -0.221. The van der Waals surface area contributed by atoms with E-state index in [1.54, 1.807) is 0 Å². The van der Waals surface area contributed by atoms with Crippen molar-refractivity contribution in [3.63, 3.8) is 0 Å². The maximum absolute atomic E-state index is 12.9. The van der Waals surface area contributed by atoms with Crippen molar-refractivity contribution in [2.75, 3.05) is 0 Å². The Morgan fingerprint density at radius 1 is 0.926 bits per heavy atom. The number of amides is 1. The first kappa shape index (κ1) is 19.5. The first-order chi connectivity index (χ1) is 13.0. The fraction of sp³-hybridized carbons (Fsp3) is 0.174. The second-order valence-corrected chi connectivity index (χ2v) is 8.27. The molecule has 0 fully saturated rings. The third kappa shape index (κ3) is 5.15. The topological polar surface area (TPSA) is 29.1 Å². The van der Waals surface area contributed by atoms with Crippen LogP contribution < -0.4 is 5.32 Å². The van der Waals surface area contributed by atoms with Gasteiger partial charge in [0, 0.05) is 9.92 Å². The molecule has 0 aromatic heterocycles. The molecule has 2 nitrogen and oxygen atoms in total. The first-order valence-corrected chi connectivity index (χ1v) is 10.1. The van der Waals surface area contributed by atoms with Crippen LogP contribution in [0.1, 0.15) is 29.7 Å². The normalized spacial score (nSPS) is 13.0. The third-order valence-corrected chi connectivity index (χ3v) is 5.78. The van der Waals surface area contributed by atoms with Gasteiger partial charge in [0.1, 0.15) is 0 Å². The van der Waals surface area contributed by atoms with Gasteiger partial charge in [0.15, 0.2) is 0 Å². The van der Waals surface area contributed by atoms with E-state index in [1.165, 1.54) is 11.8 Å². The third-order valence-electron chi connectivity index (χ3n) is 4.41. The number of hydrogen-bond donors (Lipinski definition) is 1. The fourth-order valence-corrected chi connectivity index (χ4v) is 3.93. The van der Waals surface area contributed by atoms with Crippen LogP contribution in [0, 0.1) is 6.92 Å². The number of hydrogen-bond acceptors (Lipinski definition) is 2. The van der Waals surface area contributed by atoms with E-state index in [2.05, 4.69) is 24.4 Å². The van der Waals surface area contributed by atoms with Gasteiger partial charge in [-0.3, -0.25) is 4.79 Å². The highest BCUT2D eigenvalue weighted by Crippen LogP contribution is 2.28. The van der Waals surface area contributed by atoms with Crippen molar-refractivity contribution in [2.24, 2.45) is 0 Å². The van der Waals surface area contributed by atoms with Gasteiger partial charge in [0.25, 0.3) is 0 Å². The number of rotatable bonds is 6. The number of carbonyl (C=O) groups is 1. The van der Waals surface area contributed by atoms with Crippen LogP contribution in [0.3, 0.4) is 0 Å². The Hall–Kier alpha value is -2.23. The van der Waals surface area contributed by atoms with Gasteiger partial charge in [-0.25, -0.2) is 0 Å². The lowest BCUT2D eigenvalue weighted by Crippen LogP contribution is -2.35. The lowest BCUT2D eigenvalue weighted by atomic mass is 9.95. The van der Waals surface area contributed by atoms with Crippen molar-refractivity contribution in [3.8, 4) is 0 Å². The van der Waals surface area contributed by atoms with Crippen LogP contribution in [0.2, 0.25) is 5.02 Å². The average molecular weight is 396 g/mol. The summed E-state index contributed by atoms with van der Waals surface area (Å²) in [4.78, 5) is 13.9. The van der Waals surface area contributed by atoms with E-state index >= 15 is 0 Å². The van der Waals surface area contributed by atoms with Gasteiger partial charge in [-0.15, -0.1) is 11.8 Å². The molecule has 1 N–H and O–H groups in total. The Balaban J connectivity index is 1.80. The molecule has 0 saturated carbocycles. The van der Waals surface area contributed by atoms with Crippen LogP contribution in [-0.2, 0) is 4.79 Å². The Bertz CT molecular complexity index is 896. The molecule has 4 heteroatoms. The second-order valence-electron chi connectivity index (χ2n) is 6.42. The molecular formula is C23H22ClNOS. The van der Waals surface area contributed by atoms with Crippen molar-refractivity contribution >= 4 is 29.3 Å². The number of halogens is 1. The summed E-state index contributed by atoms with van der Waals surface area (Å²) in [7, 11) is 0. The zero-order valence-electron chi connectivity index (χ0n) is 15.4. The summed E-state index contributed by atoms with van der Waals surface area (Å²) >= 11 is 7.47. The Labute approximate surface area is 170 Å². The van der Waals surface area contributed by atoms with E-state index in [9.17, 15) is 4.79 Å². The molecule has 3 aromatic rings. The summed E-state index contributed by atoms with van der Waals surface area (Å²) < 4.78 is 0. The average Bonchev–Trinajstić information content (AvgIpc) is 2.69. The Kier molecular flexibility index (Phi) is 6.59. The molecule has 0 bridgehead atoms. The molecule has 0 spiro atoms. The van der Waals surface area contributed by atoms with Crippen LogP contribution in [0.5, 0.6) is 0 Å². The molecule has 0 aliphatic heterocycles. The van der Waals surface area contributed by atoms with Crippen molar-refractivity contribution < 1.29 is 4.79 Å². The molecule has 1 amide bonds.